The van der Waals surface area contributed by atoms with Crippen molar-refractivity contribution in [3.8, 4) is 0 Å². The monoisotopic (exact) mass is 314 g/mol. The Balaban J connectivity index is 2.48. The summed E-state index contributed by atoms with van der Waals surface area (Å²) in [4.78, 5) is 2.25. The van der Waals surface area contributed by atoms with Gasteiger partial charge in [0.1, 0.15) is 0 Å². The van der Waals surface area contributed by atoms with E-state index >= 15 is 0 Å². The van der Waals surface area contributed by atoms with Crippen molar-refractivity contribution in [1.29, 1.82) is 0 Å². The van der Waals surface area contributed by atoms with Gasteiger partial charge in [0.25, 0.3) is 0 Å². The smallest absolute Gasteiger partial charge is 0.0558 e. The minimum atomic E-state index is 0.0537. The highest BCUT2D eigenvalue weighted by Gasteiger charge is 2.12. The van der Waals surface area contributed by atoms with E-state index in [0.29, 0.717) is 12.6 Å². The number of benzene rings is 1. The summed E-state index contributed by atoms with van der Waals surface area (Å²) in [6.07, 6.45) is 0.903. The number of hydrogen-bond donors (Lipinski definition) is 2. The van der Waals surface area contributed by atoms with Crippen molar-refractivity contribution < 1.29 is 5.11 Å². The molecular weight excluding hydrogens is 292 g/mol. The second-order valence-electron chi connectivity index (χ2n) is 4.80. The Bertz CT molecular complexity index is 340. The molecule has 18 heavy (non-hydrogen) atoms. The van der Waals surface area contributed by atoms with Crippen molar-refractivity contribution in [3.05, 3.63) is 34.3 Å². The first-order chi connectivity index (χ1) is 8.54. The Morgan fingerprint density at radius 1 is 1.22 bits per heavy atom. The number of rotatable bonds is 7. The van der Waals surface area contributed by atoms with Crippen LogP contribution in [-0.2, 0) is 0 Å². The van der Waals surface area contributed by atoms with Crippen LogP contribution in [0.2, 0.25) is 0 Å². The van der Waals surface area contributed by atoms with Gasteiger partial charge >= 0.3 is 0 Å². The predicted octanol–water partition coefficient (Wildman–Crippen LogP) is 2.54. The van der Waals surface area contributed by atoms with Gasteiger partial charge in [-0.3, -0.25) is 4.90 Å². The highest BCUT2D eigenvalue weighted by Crippen LogP contribution is 2.18. The van der Waals surface area contributed by atoms with Crippen molar-refractivity contribution in [1.82, 2.24) is 4.90 Å². The van der Waals surface area contributed by atoms with Gasteiger partial charge in [0.2, 0.25) is 0 Å². The summed E-state index contributed by atoms with van der Waals surface area (Å²) in [7, 11) is 0. The van der Waals surface area contributed by atoms with Crippen LogP contribution >= 0.6 is 15.9 Å². The van der Waals surface area contributed by atoms with Crippen molar-refractivity contribution in [2.75, 3.05) is 19.7 Å². The number of nitrogens with two attached hydrogens (primary N) is 1. The van der Waals surface area contributed by atoms with Gasteiger partial charge in [-0.25, -0.2) is 0 Å². The summed E-state index contributed by atoms with van der Waals surface area (Å²) < 4.78 is 1.07. The number of hydrogen-bond acceptors (Lipinski definition) is 3. The third-order valence-electron chi connectivity index (χ3n) is 3.14. The van der Waals surface area contributed by atoms with Crippen LogP contribution in [0.25, 0.3) is 0 Å². The molecule has 0 amide bonds. The first kappa shape index (κ1) is 15.6. The fourth-order valence-corrected chi connectivity index (χ4v) is 2.20. The fourth-order valence-electron chi connectivity index (χ4n) is 1.94. The lowest BCUT2D eigenvalue weighted by molar-refractivity contribution is 0.161. The molecule has 0 aliphatic heterocycles. The molecular formula is C14H23BrN2O. The highest BCUT2D eigenvalue weighted by molar-refractivity contribution is 9.10. The maximum Gasteiger partial charge on any atom is 0.0558 e. The molecule has 1 rings (SSSR count). The zero-order valence-corrected chi connectivity index (χ0v) is 12.7. The third kappa shape index (κ3) is 5.06. The molecule has 0 bridgehead atoms. The Labute approximate surface area is 118 Å². The van der Waals surface area contributed by atoms with Crippen molar-refractivity contribution >= 4 is 15.9 Å². The van der Waals surface area contributed by atoms with Crippen LogP contribution in [0.3, 0.4) is 0 Å². The molecule has 1 aromatic carbocycles. The molecule has 0 saturated heterocycles. The van der Waals surface area contributed by atoms with E-state index < -0.39 is 0 Å². The summed E-state index contributed by atoms with van der Waals surface area (Å²) in [5.74, 6) is 0. The molecule has 1 atom stereocenters. The number of aliphatic hydroxyl groups excluding tert-OH is 1. The predicted molar refractivity (Wildman–Crippen MR) is 79.5 cm³/mol. The van der Waals surface area contributed by atoms with Gasteiger partial charge in [0.05, 0.1) is 6.61 Å². The lowest BCUT2D eigenvalue weighted by atomic mass is 10.0. The van der Waals surface area contributed by atoms with Gasteiger partial charge in [-0.05, 0) is 38.0 Å². The zero-order chi connectivity index (χ0) is 13.5. The summed E-state index contributed by atoms with van der Waals surface area (Å²) in [6.45, 7) is 6.10. The minimum Gasteiger partial charge on any atom is -0.395 e. The zero-order valence-electron chi connectivity index (χ0n) is 11.1. The molecule has 0 heterocycles. The van der Waals surface area contributed by atoms with E-state index in [-0.39, 0.29) is 12.6 Å². The average molecular weight is 315 g/mol. The lowest BCUT2D eigenvalue weighted by Crippen LogP contribution is -2.35. The van der Waals surface area contributed by atoms with Crippen LogP contribution in [0.4, 0.5) is 0 Å². The summed E-state index contributed by atoms with van der Waals surface area (Å²) >= 11 is 3.42. The molecule has 1 unspecified atom stereocenters. The minimum absolute atomic E-state index is 0.0537. The topological polar surface area (TPSA) is 49.5 Å². The number of nitrogens with zero attached hydrogens (tertiary/aromatic N) is 1. The van der Waals surface area contributed by atoms with E-state index in [1.807, 2.05) is 12.1 Å². The molecule has 0 saturated carbocycles. The van der Waals surface area contributed by atoms with Gasteiger partial charge < -0.3 is 10.8 Å². The van der Waals surface area contributed by atoms with Gasteiger partial charge in [0.15, 0.2) is 0 Å². The standard InChI is InChI=1S/C14H23BrN2O/c1-11(2)17(9-10-18)8-7-14(16)12-3-5-13(15)6-4-12/h3-6,11,14,18H,7-10,16H2,1-2H3. The first-order valence-corrected chi connectivity index (χ1v) is 7.20. The number of halogens is 1. The molecule has 3 nitrogen and oxygen atoms in total. The maximum atomic E-state index is 9.02. The molecule has 102 valence electrons. The van der Waals surface area contributed by atoms with Crippen LogP contribution < -0.4 is 5.73 Å². The molecule has 0 spiro atoms. The van der Waals surface area contributed by atoms with Gasteiger partial charge in [-0.15, -0.1) is 0 Å². The second-order valence-corrected chi connectivity index (χ2v) is 5.72. The molecule has 3 N–H and O–H groups in total. The van der Waals surface area contributed by atoms with E-state index in [2.05, 4.69) is 46.8 Å². The van der Waals surface area contributed by atoms with E-state index in [1.54, 1.807) is 0 Å². The molecule has 0 fully saturated rings. The lowest BCUT2D eigenvalue weighted by Gasteiger charge is -2.26. The van der Waals surface area contributed by atoms with Crippen LogP contribution in [0.15, 0.2) is 28.7 Å². The van der Waals surface area contributed by atoms with E-state index in [0.717, 1.165) is 23.0 Å². The second kappa shape index (κ2) is 7.89. The van der Waals surface area contributed by atoms with Gasteiger partial charge in [0, 0.05) is 29.6 Å². The van der Waals surface area contributed by atoms with Crippen LogP contribution in [-0.4, -0.2) is 35.7 Å². The highest BCUT2D eigenvalue weighted by atomic mass is 79.9. The van der Waals surface area contributed by atoms with Crippen LogP contribution in [0.1, 0.15) is 31.9 Å². The summed E-state index contributed by atoms with van der Waals surface area (Å²) in [5, 5.41) is 9.02. The third-order valence-corrected chi connectivity index (χ3v) is 3.67. The first-order valence-electron chi connectivity index (χ1n) is 6.40. The molecule has 4 heteroatoms. The molecule has 0 aliphatic rings. The Morgan fingerprint density at radius 3 is 2.33 bits per heavy atom. The van der Waals surface area contributed by atoms with Crippen LogP contribution in [0.5, 0.6) is 0 Å². The Kier molecular flexibility index (Phi) is 6.86. The number of aliphatic hydroxyl groups is 1. The van der Waals surface area contributed by atoms with Crippen molar-refractivity contribution in [2.45, 2.75) is 32.4 Å². The molecule has 0 radical (unpaired) electrons. The fraction of sp³-hybridized carbons (Fsp3) is 0.571. The maximum absolute atomic E-state index is 9.02. The summed E-state index contributed by atoms with van der Waals surface area (Å²) in [5.41, 5.74) is 7.34. The Hall–Kier alpha value is -0.420. The van der Waals surface area contributed by atoms with Gasteiger partial charge in [-0.1, -0.05) is 28.1 Å². The largest absolute Gasteiger partial charge is 0.395 e. The summed E-state index contributed by atoms with van der Waals surface area (Å²) in [6, 6.07) is 8.64. The van der Waals surface area contributed by atoms with E-state index in [9.17, 15) is 0 Å². The quantitative estimate of drug-likeness (QED) is 0.813. The van der Waals surface area contributed by atoms with E-state index in [4.69, 9.17) is 10.8 Å². The molecule has 1 aromatic rings. The van der Waals surface area contributed by atoms with Gasteiger partial charge in [-0.2, -0.15) is 0 Å². The molecule has 0 aliphatic carbocycles. The van der Waals surface area contributed by atoms with Crippen molar-refractivity contribution in [2.24, 2.45) is 5.73 Å². The van der Waals surface area contributed by atoms with E-state index in [1.165, 1.54) is 0 Å². The SMILES string of the molecule is CC(C)N(CCO)CCC(N)c1ccc(Br)cc1. The van der Waals surface area contributed by atoms with Crippen LogP contribution in [0, 0.1) is 0 Å². The average Bonchev–Trinajstić information content (AvgIpc) is 2.34. The molecule has 0 aromatic heterocycles. The Morgan fingerprint density at radius 2 is 1.83 bits per heavy atom. The van der Waals surface area contributed by atoms with Crippen molar-refractivity contribution in [3.63, 3.8) is 0 Å². The normalized spacial score (nSPS) is 13.3.